The van der Waals surface area contributed by atoms with Gasteiger partial charge in [0.25, 0.3) is 5.69 Å². The number of nitro benzene ring substituents is 1. The van der Waals surface area contributed by atoms with Crippen LogP contribution in [-0.2, 0) is 6.61 Å². The van der Waals surface area contributed by atoms with Crippen LogP contribution in [0.15, 0.2) is 48.5 Å². The van der Waals surface area contributed by atoms with Crippen molar-refractivity contribution in [2.45, 2.75) is 11.2 Å². The molecule has 1 fully saturated rings. The Balaban J connectivity index is 1.57. The zero-order valence-corrected chi connectivity index (χ0v) is 13.4. The van der Waals surface area contributed by atoms with Crippen molar-refractivity contribution in [3.63, 3.8) is 0 Å². The molecule has 0 amide bonds. The van der Waals surface area contributed by atoms with E-state index in [1.807, 2.05) is 35.7 Å². The van der Waals surface area contributed by atoms with Crippen LogP contribution in [0.1, 0.15) is 15.7 Å². The molecule has 3 rings (SSSR count). The smallest absolute Gasteiger partial charge is 0.269 e. The lowest BCUT2D eigenvalue weighted by molar-refractivity contribution is -0.384. The van der Waals surface area contributed by atoms with Gasteiger partial charge in [-0.05, 0) is 35.4 Å². The summed E-state index contributed by atoms with van der Waals surface area (Å²) >= 11 is 3.96. The molecule has 0 aromatic heterocycles. The Morgan fingerprint density at radius 2 is 1.68 bits per heavy atom. The molecule has 0 bridgehead atoms. The summed E-state index contributed by atoms with van der Waals surface area (Å²) in [6, 6.07) is 14.6. The molecule has 22 heavy (non-hydrogen) atoms. The summed E-state index contributed by atoms with van der Waals surface area (Å²) < 4.78 is 6.27. The second-order valence-corrected chi connectivity index (χ2v) is 7.58. The quantitative estimate of drug-likeness (QED) is 0.589. The highest BCUT2D eigenvalue weighted by Gasteiger charge is 2.17. The molecule has 4 nitrogen and oxygen atoms in total. The number of non-ortho nitro benzene ring substituents is 1. The van der Waals surface area contributed by atoms with Gasteiger partial charge >= 0.3 is 0 Å². The van der Waals surface area contributed by atoms with Crippen molar-refractivity contribution in [3.05, 3.63) is 69.8 Å². The molecule has 0 unspecified atom stereocenters. The van der Waals surface area contributed by atoms with E-state index < -0.39 is 4.92 Å². The minimum absolute atomic E-state index is 0.0969. The van der Waals surface area contributed by atoms with E-state index in [1.54, 1.807) is 12.1 Å². The van der Waals surface area contributed by atoms with E-state index in [4.69, 9.17) is 4.74 Å². The third kappa shape index (κ3) is 3.75. The first kappa shape index (κ1) is 15.2. The molecular formula is C16H15NO3S2. The largest absolute Gasteiger partial charge is 0.489 e. The average molecular weight is 333 g/mol. The van der Waals surface area contributed by atoms with Gasteiger partial charge in [-0.2, -0.15) is 0 Å². The normalized spacial score (nSPS) is 14.9. The van der Waals surface area contributed by atoms with Crippen LogP contribution in [0.3, 0.4) is 0 Å². The van der Waals surface area contributed by atoms with Gasteiger partial charge in [0.15, 0.2) is 0 Å². The van der Waals surface area contributed by atoms with Crippen LogP contribution in [0.4, 0.5) is 5.69 Å². The topological polar surface area (TPSA) is 52.4 Å². The number of thioether (sulfide) groups is 2. The lowest BCUT2D eigenvalue weighted by atomic mass is 10.2. The summed E-state index contributed by atoms with van der Waals surface area (Å²) in [4.78, 5) is 10.2. The first-order chi connectivity index (χ1) is 10.7. The highest BCUT2D eigenvalue weighted by atomic mass is 32.2. The van der Waals surface area contributed by atoms with E-state index in [2.05, 4.69) is 12.1 Å². The average Bonchev–Trinajstić information content (AvgIpc) is 3.08. The third-order valence-electron chi connectivity index (χ3n) is 3.33. The highest BCUT2D eigenvalue weighted by molar-refractivity contribution is 8.19. The molecule has 1 aliphatic rings. The van der Waals surface area contributed by atoms with Gasteiger partial charge in [0.05, 0.1) is 9.51 Å². The van der Waals surface area contributed by atoms with Gasteiger partial charge in [-0.3, -0.25) is 10.1 Å². The summed E-state index contributed by atoms with van der Waals surface area (Å²) in [6.45, 7) is 0.407. The first-order valence-corrected chi connectivity index (χ1v) is 9.01. The molecule has 2 aromatic carbocycles. The molecule has 0 spiro atoms. The molecule has 1 heterocycles. The zero-order valence-electron chi connectivity index (χ0n) is 11.8. The van der Waals surface area contributed by atoms with Crippen LogP contribution < -0.4 is 4.74 Å². The standard InChI is InChI=1S/C16H15NO3S2/c18-17(19)14-5-1-12(2-6-14)11-20-15-7-3-13(4-8-15)16-21-9-10-22-16/h1-8,16H,9-11H2. The number of rotatable bonds is 5. The van der Waals surface area contributed by atoms with E-state index in [-0.39, 0.29) is 5.69 Å². The third-order valence-corrected chi connectivity index (χ3v) is 6.43. The van der Waals surface area contributed by atoms with Crippen LogP contribution >= 0.6 is 23.5 Å². The Labute approximate surface area is 137 Å². The number of ether oxygens (including phenoxy) is 1. The molecule has 0 atom stereocenters. The van der Waals surface area contributed by atoms with Gasteiger partial charge in [0, 0.05) is 23.6 Å². The fourth-order valence-corrected chi connectivity index (χ4v) is 5.01. The fourth-order valence-electron chi connectivity index (χ4n) is 2.15. The van der Waals surface area contributed by atoms with Crippen molar-refractivity contribution in [3.8, 4) is 5.75 Å². The van der Waals surface area contributed by atoms with E-state index >= 15 is 0 Å². The Hall–Kier alpha value is -1.66. The first-order valence-electron chi connectivity index (χ1n) is 6.92. The minimum atomic E-state index is -0.400. The van der Waals surface area contributed by atoms with E-state index in [0.717, 1.165) is 11.3 Å². The Morgan fingerprint density at radius 3 is 2.27 bits per heavy atom. The second kappa shape index (κ2) is 7.07. The number of benzene rings is 2. The van der Waals surface area contributed by atoms with E-state index in [9.17, 15) is 10.1 Å². The van der Waals surface area contributed by atoms with Crippen molar-refractivity contribution in [2.24, 2.45) is 0 Å². The van der Waals surface area contributed by atoms with Crippen LogP contribution in [0.25, 0.3) is 0 Å². The SMILES string of the molecule is O=[N+]([O-])c1ccc(COc2ccc(C3SCCS3)cc2)cc1. The van der Waals surface area contributed by atoms with Gasteiger partial charge in [-0.1, -0.05) is 12.1 Å². The van der Waals surface area contributed by atoms with Crippen molar-refractivity contribution >= 4 is 29.2 Å². The molecule has 1 saturated heterocycles. The Kier molecular flexibility index (Phi) is 4.90. The van der Waals surface area contributed by atoms with Crippen LogP contribution in [-0.4, -0.2) is 16.4 Å². The number of nitrogens with zero attached hydrogens (tertiary/aromatic N) is 1. The van der Waals surface area contributed by atoms with Gasteiger partial charge < -0.3 is 4.74 Å². The maximum absolute atomic E-state index is 10.6. The maximum Gasteiger partial charge on any atom is 0.269 e. The zero-order chi connectivity index (χ0) is 15.4. The van der Waals surface area contributed by atoms with E-state index in [1.165, 1.54) is 29.2 Å². The van der Waals surface area contributed by atoms with Crippen LogP contribution in [0.2, 0.25) is 0 Å². The van der Waals surface area contributed by atoms with Gasteiger partial charge in [0.2, 0.25) is 0 Å². The predicted octanol–water partition coefficient (Wildman–Crippen LogP) is 4.65. The fraction of sp³-hybridized carbons (Fsp3) is 0.250. The molecule has 114 valence electrons. The highest BCUT2D eigenvalue weighted by Crippen LogP contribution is 2.45. The second-order valence-electron chi connectivity index (χ2n) is 4.85. The van der Waals surface area contributed by atoms with Gasteiger partial charge in [0.1, 0.15) is 12.4 Å². The summed E-state index contributed by atoms with van der Waals surface area (Å²) in [5, 5.41) is 10.6. The van der Waals surface area contributed by atoms with E-state index in [0.29, 0.717) is 11.2 Å². The molecule has 0 radical (unpaired) electrons. The summed E-state index contributed by atoms with van der Waals surface area (Å²) in [6.07, 6.45) is 0. The van der Waals surface area contributed by atoms with Crippen molar-refractivity contribution < 1.29 is 9.66 Å². The Bertz CT molecular complexity index is 637. The molecule has 6 heteroatoms. The summed E-state index contributed by atoms with van der Waals surface area (Å²) in [5.41, 5.74) is 2.34. The summed E-state index contributed by atoms with van der Waals surface area (Å²) in [7, 11) is 0. The minimum Gasteiger partial charge on any atom is -0.489 e. The monoisotopic (exact) mass is 333 g/mol. The number of nitro groups is 1. The molecule has 0 N–H and O–H groups in total. The van der Waals surface area contributed by atoms with Gasteiger partial charge in [-0.15, -0.1) is 23.5 Å². The van der Waals surface area contributed by atoms with Crippen LogP contribution in [0.5, 0.6) is 5.75 Å². The molecule has 2 aromatic rings. The molecule has 0 saturated carbocycles. The van der Waals surface area contributed by atoms with Crippen molar-refractivity contribution in [1.82, 2.24) is 0 Å². The molecule has 1 aliphatic heterocycles. The van der Waals surface area contributed by atoms with Crippen molar-refractivity contribution in [2.75, 3.05) is 11.5 Å². The van der Waals surface area contributed by atoms with Gasteiger partial charge in [-0.25, -0.2) is 0 Å². The van der Waals surface area contributed by atoms with Crippen LogP contribution in [0, 0.1) is 10.1 Å². The predicted molar refractivity (Wildman–Crippen MR) is 91.5 cm³/mol. The molecule has 0 aliphatic carbocycles. The maximum atomic E-state index is 10.6. The number of hydrogen-bond donors (Lipinski definition) is 0. The lowest BCUT2D eigenvalue weighted by Crippen LogP contribution is -1.96. The lowest BCUT2D eigenvalue weighted by Gasteiger charge is -2.10. The number of hydrogen-bond acceptors (Lipinski definition) is 5. The van der Waals surface area contributed by atoms with Crippen molar-refractivity contribution in [1.29, 1.82) is 0 Å². The summed E-state index contributed by atoms with van der Waals surface area (Å²) in [5.74, 6) is 3.25. The molecular weight excluding hydrogens is 318 g/mol. The Morgan fingerprint density at radius 1 is 1.05 bits per heavy atom.